The monoisotopic (exact) mass is 241 g/mol. The van der Waals surface area contributed by atoms with Gasteiger partial charge in [-0.3, -0.25) is 9.69 Å². The molecule has 2 fully saturated rings. The highest BCUT2D eigenvalue weighted by molar-refractivity contribution is 5.74. The van der Waals surface area contributed by atoms with Gasteiger partial charge in [0.2, 0.25) is 0 Å². The van der Waals surface area contributed by atoms with Crippen molar-refractivity contribution in [1.82, 2.24) is 15.1 Å². The van der Waals surface area contributed by atoms with Crippen molar-refractivity contribution in [3.63, 3.8) is 0 Å². The molecule has 2 amide bonds. The lowest BCUT2D eigenvalue weighted by molar-refractivity contribution is -0.138. The van der Waals surface area contributed by atoms with Crippen LogP contribution < -0.4 is 5.32 Å². The molecule has 1 aliphatic carbocycles. The van der Waals surface area contributed by atoms with Crippen LogP contribution in [-0.4, -0.2) is 66.2 Å². The lowest BCUT2D eigenvalue weighted by Crippen LogP contribution is -2.52. The Balaban J connectivity index is 1.66. The van der Waals surface area contributed by atoms with Crippen molar-refractivity contribution in [3.8, 4) is 0 Å². The van der Waals surface area contributed by atoms with Crippen LogP contribution in [0.5, 0.6) is 0 Å². The molecule has 0 atom stereocenters. The van der Waals surface area contributed by atoms with Crippen molar-refractivity contribution in [1.29, 1.82) is 0 Å². The molecule has 96 valence electrons. The Labute approximate surface area is 101 Å². The lowest BCUT2D eigenvalue weighted by atomic mass is 10.3. The molecule has 1 saturated carbocycles. The second-order valence-electron chi connectivity index (χ2n) is 4.79. The molecule has 0 spiro atoms. The van der Waals surface area contributed by atoms with E-state index in [1.54, 1.807) is 4.90 Å². The average molecular weight is 241 g/mol. The predicted molar refractivity (Wildman–Crippen MR) is 61.8 cm³/mol. The zero-order chi connectivity index (χ0) is 12.3. The minimum atomic E-state index is -0.809. The van der Waals surface area contributed by atoms with E-state index in [-0.39, 0.29) is 12.6 Å². The van der Waals surface area contributed by atoms with Crippen LogP contribution in [-0.2, 0) is 4.79 Å². The topological polar surface area (TPSA) is 72.9 Å². The number of amides is 2. The van der Waals surface area contributed by atoms with Crippen molar-refractivity contribution < 1.29 is 14.7 Å². The molecular weight excluding hydrogens is 222 g/mol. The first kappa shape index (κ1) is 12.2. The maximum absolute atomic E-state index is 11.7. The molecule has 0 radical (unpaired) electrons. The molecule has 1 saturated heterocycles. The first-order chi connectivity index (χ1) is 8.15. The number of aliphatic carboxylic acids is 1. The van der Waals surface area contributed by atoms with Crippen molar-refractivity contribution in [2.45, 2.75) is 12.8 Å². The van der Waals surface area contributed by atoms with Gasteiger partial charge < -0.3 is 15.3 Å². The highest BCUT2D eigenvalue weighted by atomic mass is 16.4. The van der Waals surface area contributed by atoms with Crippen LogP contribution in [0.2, 0.25) is 0 Å². The van der Waals surface area contributed by atoms with Crippen LogP contribution in [0.3, 0.4) is 0 Å². The summed E-state index contributed by atoms with van der Waals surface area (Å²) in [6, 6.07) is -0.00752. The highest BCUT2D eigenvalue weighted by Gasteiger charge is 2.25. The Kier molecular flexibility index (Phi) is 3.83. The minimum absolute atomic E-state index is 0.00752. The summed E-state index contributed by atoms with van der Waals surface area (Å²) in [6.45, 7) is 3.37. The van der Waals surface area contributed by atoms with Gasteiger partial charge in [-0.05, 0) is 18.8 Å². The van der Waals surface area contributed by atoms with Gasteiger partial charge in [-0.25, -0.2) is 4.79 Å². The van der Waals surface area contributed by atoms with Crippen LogP contribution in [0.4, 0.5) is 4.79 Å². The number of carboxylic acids is 1. The van der Waals surface area contributed by atoms with E-state index < -0.39 is 5.97 Å². The van der Waals surface area contributed by atoms with E-state index in [0.717, 1.165) is 6.54 Å². The fourth-order valence-corrected chi connectivity index (χ4v) is 1.97. The van der Waals surface area contributed by atoms with Gasteiger partial charge in [0.05, 0.1) is 6.54 Å². The molecule has 2 aliphatic rings. The van der Waals surface area contributed by atoms with Gasteiger partial charge in [0.1, 0.15) is 0 Å². The Morgan fingerprint density at radius 2 is 1.82 bits per heavy atom. The summed E-state index contributed by atoms with van der Waals surface area (Å²) in [5.74, 6) is -0.121. The Bertz CT molecular complexity index is 296. The molecule has 0 unspecified atom stereocenters. The lowest BCUT2D eigenvalue weighted by Gasteiger charge is -2.33. The van der Waals surface area contributed by atoms with Crippen molar-refractivity contribution in [3.05, 3.63) is 0 Å². The van der Waals surface area contributed by atoms with E-state index in [0.29, 0.717) is 32.1 Å². The van der Waals surface area contributed by atoms with Crippen LogP contribution in [0.25, 0.3) is 0 Å². The van der Waals surface area contributed by atoms with Gasteiger partial charge in [-0.15, -0.1) is 0 Å². The molecule has 2 N–H and O–H groups in total. The summed E-state index contributed by atoms with van der Waals surface area (Å²) in [5.41, 5.74) is 0. The quantitative estimate of drug-likeness (QED) is 0.715. The zero-order valence-electron chi connectivity index (χ0n) is 9.89. The summed E-state index contributed by atoms with van der Waals surface area (Å²) < 4.78 is 0. The number of urea groups is 1. The SMILES string of the molecule is O=C(O)CN1CCN(C(=O)NCC2CC2)CC1. The second-order valence-corrected chi connectivity index (χ2v) is 4.79. The summed E-state index contributed by atoms with van der Waals surface area (Å²) >= 11 is 0. The predicted octanol–water partition coefficient (Wildman–Crippen LogP) is -0.192. The van der Waals surface area contributed by atoms with Crippen LogP contribution in [0, 0.1) is 5.92 Å². The number of carbonyl (C=O) groups excluding carboxylic acids is 1. The third-order valence-electron chi connectivity index (χ3n) is 3.26. The van der Waals surface area contributed by atoms with E-state index in [4.69, 9.17) is 5.11 Å². The van der Waals surface area contributed by atoms with E-state index in [2.05, 4.69) is 5.32 Å². The Morgan fingerprint density at radius 3 is 2.35 bits per heavy atom. The third-order valence-corrected chi connectivity index (χ3v) is 3.26. The van der Waals surface area contributed by atoms with Crippen LogP contribution in [0.15, 0.2) is 0 Å². The zero-order valence-corrected chi connectivity index (χ0v) is 9.89. The first-order valence-electron chi connectivity index (χ1n) is 6.12. The number of piperazine rings is 1. The molecule has 1 heterocycles. The molecular formula is C11H19N3O3. The molecule has 0 aromatic carbocycles. The number of nitrogens with one attached hydrogen (secondary N) is 1. The fraction of sp³-hybridized carbons (Fsp3) is 0.818. The maximum Gasteiger partial charge on any atom is 0.317 e. The molecule has 0 bridgehead atoms. The summed E-state index contributed by atoms with van der Waals surface area (Å²) in [4.78, 5) is 25.9. The molecule has 6 nitrogen and oxygen atoms in total. The van der Waals surface area contributed by atoms with E-state index in [9.17, 15) is 9.59 Å². The van der Waals surface area contributed by atoms with Gasteiger partial charge in [-0.2, -0.15) is 0 Å². The van der Waals surface area contributed by atoms with Crippen LogP contribution >= 0.6 is 0 Å². The van der Waals surface area contributed by atoms with Crippen LogP contribution in [0.1, 0.15) is 12.8 Å². The largest absolute Gasteiger partial charge is 0.480 e. The van der Waals surface area contributed by atoms with Crippen molar-refractivity contribution in [2.24, 2.45) is 5.92 Å². The summed E-state index contributed by atoms with van der Waals surface area (Å²) in [5, 5.41) is 11.6. The molecule has 0 aromatic heterocycles. The van der Waals surface area contributed by atoms with Crippen molar-refractivity contribution >= 4 is 12.0 Å². The number of nitrogens with zero attached hydrogens (tertiary/aromatic N) is 2. The second kappa shape index (κ2) is 5.35. The van der Waals surface area contributed by atoms with Crippen molar-refractivity contribution in [2.75, 3.05) is 39.3 Å². The van der Waals surface area contributed by atoms with Gasteiger partial charge in [0.25, 0.3) is 0 Å². The van der Waals surface area contributed by atoms with Gasteiger partial charge >= 0.3 is 12.0 Å². The Hall–Kier alpha value is -1.30. The minimum Gasteiger partial charge on any atom is -0.480 e. The third kappa shape index (κ3) is 3.89. The highest BCUT2D eigenvalue weighted by Crippen LogP contribution is 2.27. The number of hydrogen-bond donors (Lipinski definition) is 2. The smallest absolute Gasteiger partial charge is 0.317 e. The van der Waals surface area contributed by atoms with Gasteiger partial charge in [-0.1, -0.05) is 0 Å². The molecule has 0 aromatic rings. The number of hydrogen-bond acceptors (Lipinski definition) is 3. The molecule has 17 heavy (non-hydrogen) atoms. The number of rotatable bonds is 4. The summed E-state index contributed by atoms with van der Waals surface area (Å²) in [6.07, 6.45) is 2.46. The first-order valence-corrected chi connectivity index (χ1v) is 6.12. The molecule has 1 aliphatic heterocycles. The van der Waals surface area contributed by atoms with Gasteiger partial charge in [0.15, 0.2) is 0 Å². The Morgan fingerprint density at radius 1 is 1.18 bits per heavy atom. The maximum atomic E-state index is 11.7. The standard InChI is InChI=1S/C11H19N3O3/c15-10(16)8-13-3-5-14(6-4-13)11(17)12-7-9-1-2-9/h9H,1-8H2,(H,12,17)(H,15,16). The molecule has 2 rings (SSSR count). The van der Waals surface area contributed by atoms with E-state index in [1.165, 1.54) is 12.8 Å². The fourth-order valence-electron chi connectivity index (χ4n) is 1.97. The molecule has 6 heteroatoms. The normalized spacial score (nSPS) is 21.3. The summed E-state index contributed by atoms with van der Waals surface area (Å²) in [7, 11) is 0. The van der Waals surface area contributed by atoms with E-state index in [1.807, 2.05) is 4.90 Å². The van der Waals surface area contributed by atoms with Gasteiger partial charge in [0, 0.05) is 32.7 Å². The average Bonchev–Trinajstić information content (AvgIpc) is 3.10. The number of carbonyl (C=O) groups is 2. The van der Waals surface area contributed by atoms with E-state index >= 15 is 0 Å². The number of carboxylic acid groups (broad SMARTS) is 1.